The van der Waals surface area contributed by atoms with Gasteiger partial charge in [0.05, 0.1) is 6.54 Å². The van der Waals surface area contributed by atoms with Gasteiger partial charge in [-0.3, -0.25) is 4.90 Å². The van der Waals surface area contributed by atoms with E-state index in [1.807, 2.05) is 24.0 Å². The molecule has 2 aliphatic heterocycles. The highest BCUT2D eigenvalue weighted by molar-refractivity contribution is 7.99. The number of likely N-dealkylation sites (tertiary alicyclic amines) is 1. The predicted molar refractivity (Wildman–Crippen MR) is 101 cm³/mol. The zero-order chi connectivity index (χ0) is 17.1. The summed E-state index contributed by atoms with van der Waals surface area (Å²) in [6.07, 6.45) is 4.43. The van der Waals surface area contributed by atoms with Crippen LogP contribution in [0, 0.1) is 5.92 Å². The van der Waals surface area contributed by atoms with Gasteiger partial charge in [-0.2, -0.15) is 16.7 Å². The average Bonchev–Trinajstić information content (AvgIpc) is 3.11. The molecule has 2 fully saturated rings. The van der Waals surface area contributed by atoms with Gasteiger partial charge in [-0.1, -0.05) is 12.1 Å². The van der Waals surface area contributed by atoms with Crippen molar-refractivity contribution in [1.82, 2.24) is 20.0 Å². The van der Waals surface area contributed by atoms with E-state index in [4.69, 9.17) is 4.52 Å². The summed E-state index contributed by atoms with van der Waals surface area (Å²) in [6.45, 7) is 7.41. The van der Waals surface area contributed by atoms with E-state index in [1.165, 1.54) is 24.3 Å². The summed E-state index contributed by atoms with van der Waals surface area (Å²) in [7, 11) is 0. The molecule has 7 heteroatoms. The first-order chi connectivity index (χ1) is 12.3. The number of hydrogen-bond acceptors (Lipinski definition) is 7. The number of pyridine rings is 1. The molecule has 25 heavy (non-hydrogen) atoms. The first-order valence-corrected chi connectivity index (χ1v) is 10.3. The molecule has 2 aromatic heterocycles. The highest BCUT2D eigenvalue weighted by Crippen LogP contribution is 2.22. The van der Waals surface area contributed by atoms with Crippen LogP contribution in [0.1, 0.15) is 25.7 Å². The second-order valence-corrected chi connectivity index (χ2v) is 8.22. The van der Waals surface area contributed by atoms with Crippen molar-refractivity contribution in [1.29, 1.82) is 0 Å². The molecule has 134 valence electrons. The summed E-state index contributed by atoms with van der Waals surface area (Å²) in [5.74, 6) is 5.46. The van der Waals surface area contributed by atoms with Crippen molar-refractivity contribution in [3.05, 3.63) is 24.2 Å². The normalized spacial score (nSPS) is 22.3. The van der Waals surface area contributed by atoms with Gasteiger partial charge in [0.1, 0.15) is 5.82 Å². The third kappa shape index (κ3) is 4.15. The Morgan fingerprint density at radius 1 is 1.24 bits per heavy atom. The molecule has 1 unspecified atom stereocenters. The first kappa shape index (κ1) is 16.8. The van der Waals surface area contributed by atoms with E-state index in [2.05, 4.69) is 37.9 Å². The maximum atomic E-state index is 5.46. The molecule has 0 saturated carbocycles. The van der Waals surface area contributed by atoms with Crippen LogP contribution in [0.3, 0.4) is 0 Å². The van der Waals surface area contributed by atoms with Crippen molar-refractivity contribution in [3.8, 4) is 11.4 Å². The van der Waals surface area contributed by atoms with E-state index in [9.17, 15) is 0 Å². The lowest BCUT2D eigenvalue weighted by molar-refractivity contribution is 0.157. The molecular formula is C18H25N5OS. The predicted octanol–water partition coefficient (Wildman–Crippen LogP) is 2.92. The second kappa shape index (κ2) is 7.74. The van der Waals surface area contributed by atoms with Crippen molar-refractivity contribution in [3.63, 3.8) is 0 Å². The maximum absolute atomic E-state index is 5.46. The summed E-state index contributed by atoms with van der Waals surface area (Å²) in [5, 5.41) is 4.14. The lowest BCUT2D eigenvalue weighted by atomic mass is 10.0. The Balaban J connectivity index is 1.41. The van der Waals surface area contributed by atoms with Gasteiger partial charge in [0.25, 0.3) is 0 Å². The van der Waals surface area contributed by atoms with Crippen LogP contribution in [0.2, 0.25) is 0 Å². The Morgan fingerprint density at radius 2 is 2.12 bits per heavy atom. The van der Waals surface area contributed by atoms with Crippen molar-refractivity contribution in [2.24, 2.45) is 5.92 Å². The zero-order valence-electron chi connectivity index (χ0n) is 14.7. The molecule has 0 aromatic carbocycles. The van der Waals surface area contributed by atoms with Crippen LogP contribution in [0.4, 0.5) is 5.82 Å². The smallest absolute Gasteiger partial charge is 0.241 e. The molecular weight excluding hydrogens is 334 g/mol. The lowest BCUT2D eigenvalue weighted by Gasteiger charge is -2.29. The highest BCUT2D eigenvalue weighted by atomic mass is 32.2. The Bertz CT molecular complexity index is 683. The molecule has 0 aliphatic carbocycles. The summed E-state index contributed by atoms with van der Waals surface area (Å²) in [4.78, 5) is 13.9. The van der Waals surface area contributed by atoms with E-state index < -0.39 is 0 Å². The summed E-state index contributed by atoms with van der Waals surface area (Å²) >= 11 is 2.00. The van der Waals surface area contributed by atoms with Crippen molar-refractivity contribution < 1.29 is 4.52 Å². The van der Waals surface area contributed by atoms with Gasteiger partial charge in [0.2, 0.25) is 11.7 Å². The molecule has 0 radical (unpaired) electrons. The summed E-state index contributed by atoms with van der Waals surface area (Å²) in [6, 6.07) is 4.11. The molecule has 0 amide bonds. The topological polar surface area (TPSA) is 58.3 Å². The van der Waals surface area contributed by atoms with Crippen molar-refractivity contribution in [2.45, 2.75) is 26.3 Å². The number of anilines is 1. The van der Waals surface area contributed by atoms with Crippen molar-refractivity contribution in [2.75, 3.05) is 42.6 Å². The fraction of sp³-hybridized carbons (Fsp3) is 0.611. The Labute approximate surface area is 153 Å². The van der Waals surface area contributed by atoms with Crippen LogP contribution in [0.25, 0.3) is 11.4 Å². The van der Waals surface area contributed by atoms with Gasteiger partial charge in [-0.05, 0) is 37.4 Å². The largest absolute Gasteiger partial charge is 0.355 e. The summed E-state index contributed by atoms with van der Waals surface area (Å²) < 4.78 is 5.46. The van der Waals surface area contributed by atoms with E-state index in [0.29, 0.717) is 11.7 Å². The summed E-state index contributed by atoms with van der Waals surface area (Å²) in [5.41, 5.74) is 0.914. The lowest BCUT2D eigenvalue weighted by Crippen LogP contribution is -2.33. The number of piperidine rings is 1. The average molecular weight is 359 g/mol. The molecule has 0 bridgehead atoms. The molecule has 6 nitrogen and oxygen atoms in total. The molecule has 4 rings (SSSR count). The van der Waals surface area contributed by atoms with Crippen LogP contribution >= 0.6 is 11.8 Å². The minimum atomic E-state index is 0.633. The standard InChI is InChI=1S/C18H25N5OS/c1-14-3-2-6-22(12-14)13-17-20-18(21-24-17)15-4-5-16(19-11-15)23-7-9-25-10-8-23/h4-5,11,14H,2-3,6-10,12-13H2,1H3. The monoisotopic (exact) mass is 359 g/mol. The van der Waals surface area contributed by atoms with Crippen LogP contribution in [0.5, 0.6) is 0 Å². The molecule has 0 spiro atoms. The second-order valence-electron chi connectivity index (χ2n) is 7.00. The Morgan fingerprint density at radius 3 is 2.88 bits per heavy atom. The van der Waals surface area contributed by atoms with Gasteiger partial charge in [0.15, 0.2) is 0 Å². The van der Waals surface area contributed by atoms with Crippen molar-refractivity contribution >= 4 is 17.6 Å². The number of hydrogen-bond donors (Lipinski definition) is 0. The van der Waals surface area contributed by atoms with Crippen LogP contribution in [-0.4, -0.2) is 57.7 Å². The van der Waals surface area contributed by atoms with Crippen LogP contribution in [-0.2, 0) is 6.54 Å². The molecule has 2 aliphatic rings. The number of thioether (sulfide) groups is 1. The SMILES string of the molecule is CC1CCCN(Cc2nc(-c3ccc(N4CCSCC4)nc3)no2)C1. The number of rotatable bonds is 4. The quantitative estimate of drug-likeness (QED) is 0.832. The maximum Gasteiger partial charge on any atom is 0.241 e. The minimum Gasteiger partial charge on any atom is -0.355 e. The van der Waals surface area contributed by atoms with E-state index in [0.717, 1.165) is 50.0 Å². The van der Waals surface area contributed by atoms with E-state index in [-0.39, 0.29) is 0 Å². The van der Waals surface area contributed by atoms with E-state index >= 15 is 0 Å². The molecule has 1 atom stereocenters. The minimum absolute atomic E-state index is 0.633. The zero-order valence-corrected chi connectivity index (χ0v) is 15.5. The molecule has 0 N–H and O–H groups in total. The van der Waals surface area contributed by atoms with E-state index in [1.54, 1.807) is 0 Å². The van der Waals surface area contributed by atoms with Gasteiger partial charge in [0, 0.05) is 42.9 Å². The highest BCUT2D eigenvalue weighted by Gasteiger charge is 2.19. The Kier molecular flexibility index (Phi) is 5.22. The fourth-order valence-corrected chi connectivity index (χ4v) is 4.46. The Hall–Kier alpha value is -1.60. The van der Waals surface area contributed by atoms with Gasteiger partial charge in [-0.15, -0.1) is 0 Å². The molecule has 2 saturated heterocycles. The number of nitrogens with zero attached hydrogens (tertiary/aromatic N) is 5. The number of aromatic nitrogens is 3. The van der Waals surface area contributed by atoms with Crippen LogP contribution < -0.4 is 4.90 Å². The van der Waals surface area contributed by atoms with Gasteiger partial charge in [-0.25, -0.2) is 4.98 Å². The van der Waals surface area contributed by atoms with Crippen LogP contribution in [0.15, 0.2) is 22.9 Å². The molecule has 2 aromatic rings. The fourth-order valence-electron chi connectivity index (χ4n) is 3.56. The molecule has 4 heterocycles. The van der Waals surface area contributed by atoms with Gasteiger partial charge < -0.3 is 9.42 Å². The third-order valence-electron chi connectivity index (χ3n) is 4.91. The first-order valence-electron chi connectivity index (χ1n) is 9.12. The third-order valence-corrected chi connectivity index (χ3v) is 5.85. The van der Waals surface area contributed by atoms with Gasteiger partial charge >= 0.3 is 0 Å².